The van der Waals surface area contributed by atoms with E-state index in [1.165, 1.54) is 0 Å². The molecule has 0 unspecified atom stereocenters. The molecule has 6 heteroatoms. The van der Waals surface area contributed by atoms with Gasteiger partial charge in [-0.2, -0.15) is 5.26 Å². The number of para-hydroxylation sites is 2. The Balaban J connectivity index is 1.21. The number of nitriles is 1. The van der Waals surface area contributed by atoms with E-state index in [2.05, 4.69) is 11.1 Å². The monoisotopic (exact) mass is 437 g/mol. The van der Waals surface area contributed by atoms with Crippen molar-refractivity contribution in [1.82, 2.24) is 9.88 Å². The average Bonchev–Trinajstić information content (AvgIpc) is 3.32. The van der Waals surface area contributed by atoms with Crippen molar-refractivity contribution in [3.8, 4) is 11.8 Å². The van der Waals surface area contributed by atoms with Crippen molar-refractivity contribution in [3.63, 3.8) is 0 Å². The molecule has 1 aromatic heterocycles. The first-order chi connectivity index (χ1) is 16.2. The predicted octanol–water partition coefficient (Wildman–Crippen LogP) is 5.30. The van der Waals surface area contributed by atoms with Crippen LogP contribution in [0.15, 0.2) is 77.2 Å². The molecule has 1 amide bonds. The summed E-state index contributed by atoms with van der Waals surface area (Å²) in [4.78, 5) is 19.6. The van der Waals surface area contributed by atoms with Gasteiger partial charge in [-0.25, -0.2) is 4.98 Å². The maximum Gasteiger partial charge on any atom is 0.253 e. The summed E-state index contributed by atoms with van der Waals surface area (Å²) in [5.41, 5.74) is 3.69. The number of amides is 1. The van der Waals surface area contributed by atoms with Crippen molar-refractivity contribution in [2.45, 2.75) is 25.4 Å². The predicted molar refractivity (Wildman–Crippen MR) is 124 cm³/mol. The van der Waals surface area contributed by atoms with E-state index in [0.29, 0.717) is 30.0 Å². The lowest BCUT2D eigenvalue weighted by Gasteiger charge is -2.30. The number of likely N-dealkylation sites (tertiary alicyclic amines) is 1. The number of benzene rings is 3. The summed E-state index contributed by atoms with van der Waals surface area (Å²) in [6.07, 6.45) is 1.64. The van der Waals surface area contributed by atoms with Gasteiger partial charge in [-0.05, 0) is 49.2 Å². The molecule has 1 aliphatic heterocycles. The number of hydrogen-bond acceptors (Lipinski definition) is 5. The Morgan fingerprint density at radius 3 is 2.67 bits per heavy atom. The maximum atomic E-state index is 13.1. The molecule has 5 rings (SSSR count). The van der Waals surface area contributed by atoms with Gasteiger partial charge in [0.1, 0.15) is 17.9 Å². The Kier molecular flexibility index (Phi) is 5.77. The Labute approximate surface area is 192 Å². The number of fused-ring (bicyclic) bond motifs is 1. The molecule has 0 N–H and O–H groups in total. The van der Waals surface area contributed by atoms with Crippen molar-refractivity contribution in [2.24, 2.45) is 0 Å². The number of piperidine rings is 1. The smallest absolute Gasteiger partial charge is 0.253 e. The molecule has 0 atom stereocenters. The topological polar surface area (TPSA) is 79.4 Å². The first kappa shape index (κ1) is 20.8. The zero-order valence-electron chi connectivity index (χ0n) is 18.1. The summed E-state index contributed by atoms with van der Waals surface area (Å²) < 4.78 is 11.8. The fourth-order valence-corrected chi connectivity index (χ4v) is 4.21. The zero-order chi connectivity index (χ0) is 22.6. The molecule has 33 heavy (non-hydrogen) atoms. The molecule has 4 aromatic rings. The van der Waals surface area contributed by atoms with Crippen LogP contribution in [-0.4, -0.2) is 28.9 Å². The third-order valence-corrected chi connectivity index (χ3v) is 6.05. The maximum absolute atomic E-state index is 13.1. The highest BCUT2D eigenvalue weighted by atomic mass is 16.5. The zero-order valence-corrected chi connectivity index (χ0v) is 18.1. The molecule has 1 saturated heterocycles. The van der Waals surface area contributed by atoms with E-state index in [9.17, 15) is 10.1 Å². The average molecular weight is 437 g/mol. The van der Waals surface area contributed by atoms with Crippen LogP contribution >= 0.6 is 0 Å². The third kappa shape index (κ3) is 4.44. The van der Waals surface area contributed by atoms with E-state index in [0.717, 1.165) is 35.4 Å². The Morgan fingerprint density at radius 2 is 1.85 bits per heavy atom. The van der Waals surface area contributed by atoms with Gasteiger partial charge in [0.25, 0.3) is 5.91 Å². The number of carbonyl (C=O) groups excluding carboxylic acids is 1. The first-order valence-corrected chi connectivity index (χ1v) is 11.1. The lowest BCUT2D eigenvalue weighted by Crippen LogP contribution is -2.38. The third-order valence-electron chi connectivity index (χ3n) is 6.05. The molecule has 0 saturated carbocycles. The molecule has 0 spiro atoms. The van der Waals surface area contributed by atoms with Crippen LogP contribution in [0.3, 0.4) is 0 Å². The molecular weight excluding hydrogens is 414 g/mol. The number of ether oxygens (including phenoxy) is 1. The molecule has 1 fully saturated rings. The number of carbonyl (C=O) groups is 1. The Bertz CT molecular complexity index is 1300. The summed E-state index contributed by atoms with van der Waals surface area (Å²) in [7, 11) is 0. The molecule has 164 valence electrons. The van der Waals surface area contributed by atoms with Crippen LogP contribution in [-0.2, 0) is 6.61 Å². The molecule has 6 nitrogen and oxygen atoms in total. The number of hydrogen-bond donors (Lipinski definition) is 0. The van der Waals surface area contributed by atoms with Gasteiger partial charge in [-0.15, -0.1) is 0 Å². The molecule has 0 radical (unpaired) electrons. The van der Waals surface area contributed by atoms with Gasteiger partial charge in [0.05, 0.1) is 11.6 Å². The summed E-state index contributed by atoms with van der Waals surface area (Å²) in [5.74, 6) is 1.58. The fraction of sp³-hybridized carbons (Fsp3) is 0.222. The van der Waals surface area contributed by atoms with E-state index in [-0.39, 0.29) is 18.4 Å². The van der Waals surface area contributed by atoms with Crippen LogP contribution in [0.25, 0.3) is 11.1 Å². The van der Waals surface area contributed by atoms with Gasteiger partial charge in [-0.3, -0.25) is 4.79 Å². The molecule has 0 bridgehead atoms. The number of nitrogens with zero attached hydrogens (tertiary/aromatic N) is 3. The SMILES string of the molecule is N#Cc1ccccc1COc1cccc(C(=O)N2CCC(c3nc4ccccc4o3)CC2)c1. The van der Waals surface area contributed by atoms with E-state index >= 15 is 0 Å². The van der Waals surface area contributed by atoms with Crippen LogP contribution in [0, 0.1) is 11.3 Å². The summed E-state index contributed by atoms with van der Waals surface area (Å²) in [5, 5.41) is 9.24. The van der Waals surface area contributed by atoms with Crippen molar-refractivity contribution in [3.05, 3.63) is 95.4 Å². The van der Waals surface area contributed by atoms with Crippen LogP contribution in [0.1, 0.15) is 46.1 Å². The van der Waals surface area contributed by atoms with Gasteiger partial charge in [0, 0.05) is 30.1 Å². The highest BCUT2D eigenvalue weighted by molar-refractivity contribution is 5.94. The molecular formula is C27H23N3O3. The lowest BCUT2D eigenvalue weighted by atomic mass is 9.96. The fourth-order valence-electron chi connectivity index (χ4n) is 4.21. The van der Waals surface area contributed by atoms with E-state index < -0.39 is 0 Å². The van der Waals surface area contributed by atoms with Crippen LogP contribution in [0.2, 0.25) is 0 Å². The summed E-state index contributed by atoms with van der Waals surface area (Å²) in [6, 6.07) is 24.5. The normalized spacial score (nSPS) is 14.2. The van der Waals surface area contributed by atoms with E-state index in [1.807, 2.05) is 65.6 Å². The minimum Gasteiger partial charge on any atom is -0.489 e. The second kappa shape index (κ2) is 9.17. The molecule has 1 aliphatic rings. The van der Waals surface area contributed by atoms with Crippen LogP contribution in [0.5, 0.6) is 5.75 Å². The van der Waals surface area contributed by atoms with Gasteiger partial charge in [0.2, 0.25) is 0 Å². The first-order valence-electron chi connectivity index (χ1n) is 11.1. The minimum atomic E-state index is -0.00566. The summed E-state index contributed by atoms with van der Waals surface area (Å²) >= 11 is 0. The van der Waals surface area contributed by atoms with E-state index in [1.54, 1.807) is 12.1 Å². The second-order valence-corrected chi connectivity index (χ2v) is 8.17. The van der Waals surface area contributed by atoms with Crippen molar-refractivity contribution in [2.75, 3.05) is 13.1 Å². The number of aromatic nitrogens is 1. The van der Waals surface area contributed by atoms with Gasteiger partial charge >= 0.3 is 0 Å². The number of oxazole rings is 1. The molecule has 0 aliphatic carbocycles. The van der Waals surface area contributed by atoms with Crippen molar-refractivity contribution < 1.29 is 13.9 Å². The highest BCUT2D eigenvalue weighted by Gasteiger charge is 2.27. The largest absolute Gasteiger partial charge is 0.489 e. The van der Waals surface area contributed by atoms with Gasteiger partial charge < -0.3 is 14.1 Å². The Morgan fingerprint density at radius 1 is 1.06 bits per heavy atom. The van der Waals surface area contributed by atoms with Crippen molar-refractivity contribution in [1.29, 1.82) is 5.26 Å². The standard InChI is InChI=1S/C27H23N3O3/c28-17-21-6-1-2-7-22(21)18-32-23-9-5-8-20(16-23)27(31)30-14-12-19(13-15-30)26-29-24-10-3-4-11-25(24)33-26/h1-11,16,19H,12-15,18H2. The highest BCUT2D eigenvalue weighted by Crippen LogP contribution is 2.30. The number of rotatable bonds is 5. The minimum absolute atomic E-state index is 0.00566. The summed E-state index contributed by atoms with van der Waals surface area (Å²) in [6.45, 7) is 1.59. The quantitative estimate of drug-likeness (QED) is 0.423. The van der Waals surface area contributed by atoms with Crippen LogP contribution in [0.4, 0.5) is 0 Å². The van der Waals surface area contributed by atoms with Gasteiger partial charge in [0.15, 0.2) is 11.5 Å². The Hall–Kier alpha value is -4.11. The lowest BCUT2D eigenvalue weighted by molar-refractivity contribution is 0.0706. The van der Waals surface area contributed by atoms with Crippen molar-refractivity contribution >= 4 is 17.0 Å². The second-order valence-electron chi connectivity index (χ2n) is 8.17. The molecule has 2 heterocycles. The van der Waals surface area contributed by atoms with Crippen LogP contribution < -0.4 is 4.74 Å². The van der Waals surface area contributed by atoms with E-state index in [4.69, 9.17) is 9.15 Å². The van der Waals surface area contributed by atoms with Gasteiger partial charge in [-0.1, -0.05) is 36.4 Å². The molecule has 3 aromatic carbocycles.